The Morgan fingerprint density at radius 1 is 0.516 bits per heavy atom. The number of nitrogens with one attached hydrogen (secondary N) is 2. The van der Waals surface area contributed by atoms with Crippen molar-refractivity contribution in [1.29, 1.82) is 0 Å². The monoisotopic (exact) mass is 803 g/mol. The molecule has 4 heterocycles. The summed E-state index contributed by atoms with van der Waals surface area (Å²) in [6, 6.07) is 59.8. The molecule has 300 valence electrons. The molecule has 4 N–H and O–H groups in total. The lowest BCUT2D eigenvalue weighted by Gasteiger charge is -2.27. The lowest BCUT2D eigenvalue weighted by Crippen LogP contribution is -2.82. The summed E-state index contributed by atoms with van der Waals surface area (Å²) in [5.74, 6) is 1.47. The van der Waals surface area contributed by atoms with Gasteiger partial charge >= 0.3 is 0 Å². The van der Waals surface area contributed by atoms with Gasteiger partial charge in [0.1, 0.15) is 23.7 Å². The fourth-order valence-corrected chi connectivity index (χ4v) is 8.69. The minimum Gasteiger partial charge on any atom is -0.378 e. The highest BCUT2D eigenvalue weighted by atomic mass is 15.2. The highest BCUT2D eigenvalue weighted by Gasteiger charge is 2.27. The molecule has 0 radical (unpaired) electrons. The molecule has 3 atom stereocenters. The Hall–Kier alpha value is -7.67. The Kier molecular flexibility index (Phi) is 10.6. The average Bonchev–Trinajstić information content (AvgIpc) is 3.34. The molecule has 0 aliphatic carbocycles. The fourth-order valence-electron chi connectivity index (χ4n) is 8.69. The SMILES string of the molecule is CC1=CC=CC(c2cccc(C3C=CC=C(C)[NH2+]3)c2-c2cc(-c3ccccc3)nc(-c3ccccc3-c3cccc(C4=NC(c5ccccc5)=NC(c5ccccc5)N4)c3)c2)N1. The van der Waals surface area contributed by atoms with Crippen LogP contribution in [-0.4, -0.2) is 16.7 Å². The summed E-state index contributed by atoms with van der Waals surface area (Å²) in [6.45, 7) is 4.31. The van der Waals surface area contributed by atoms with E-state index >= 15 is 0 Å². The number of aliphatic imine (C=N–C) groups is 2. The van der Waals surface area contributed by atoms with Crippen LogP contribution in [0.15, 0.2) is 228 Å². The molecule has 6 aromatic carbocycles. The van der Waals surface area contributed by atoms with Crippen LogP contribution in [0.2, 0.25) is 0 Å². The molecule has 0 fully saturated rings. The number of hydrogen-bond donors (Lipinski definition) is 3. The first kappa shape index (κ1) is 38.5. The number of nitrogens with zero attached hydrogens (tertiary/aromatic N) is 3. The first-order valence-corrected chi connectivity index (χ1v) is 21.3. The van der Waals surface area contributed by atoms with E-state index < -0.39 is 0 Å². The van der Waals surface area contributed by atoms with Crippen LogP contribution in [0.4, 0.5) is 0 Å². The fraction of sp³-hybridized carbons (Fsp3) is 0.0893. The van der Waals surface area contributed by atoms with E-state index in [1.54, 1.807) is 0 Å². The molecule has 7 aromatic rings. The molecule has 3 aliphatic heterocycles. The van der Waals surface area contributed by atoms with Crippen LogP contribution in [-0.2, 0) is 0 Å². The molecule has 62 heavy (non-hydrogen) atoms. The summed E-state index contributed by atoms with van der Waals surface area (Å²) in [6.07, 6.45) is 12.9. The van der Waals surface area contributed by atoms with Crippen molar-refractivity contribution in [3.8, 4) is 44.8 Å². The topological polar surface area (TPSA) is 78.3 Å². The van der Waals surface area contributed by atoms with Crippen LogP contribution in [0.1, 0.15) is 59.9 Å². The molecule has 0 bridgehead atoms. The van der Waals surface area contributed by atoms with Gasteiger partial charge in [-0.25, -0.2) is 15.0 Å². The summed E-state index contributed by atoms with van der Waals surface area (Å²) in [5.41, 5.74) is 16.4. The molecule has 3 unspecified atom stereocenters. The van der Waals surface area contributed by atoms with Crippen molar-refractivity contribution in [3.05, 3.63) is 246 Å². The number of nitrogens with two attached hydrogens (primary N) is 1. The van der Waals surface area contributed by atoms with Crippen LogP contribution in [0.3, 0.4) is 0 Å². The van der Waals surface area contributed by atoms with Crippen molar-refractivity contribution < 1.29 is 5.32 Å². The number of dihydropyridines is 1. The van der Waals surface area contributed by atoms with Crippen LogP contribution in [0.5, 0.6) is 0 Å². The molecule has 0 amide bonds. The maximum Gasteiger partial charge on any atom is 0.159 e. The number of aromatic nitrogens is 1. The number of allylic oxidation sites excluding steroid dienone is 6. The van der Waals surface area contributed by atoms with Crippen LogP contribution in [0, 0.1) is 0 Å². The lowest BCUT2D eigenvalue weighted by atomic mass is 9.85. The van der Waals surface area contributed by atoms with Gasteiger partial charge in [0, 0.05) is 40.4 Å². The van der Waals surface area contributed by atoms with E-state index in [-0.39, 0.29) is 18.2 Å². The number of quaternary nitrogens is 1. The summed E-state index contributed by atoms with van der Waals surface area (Å²) in [4.78, 5) is 15.7. The number of hydrogen-bond acceptors (Lipinski definition) is 5. The van der Waals surface area contributed by atoms with E-state index in [9.17, 15) is 0 Å². The second-order valence-corrected chi connectivity index (χ2v) is 16.0. The molecule has 3 aliphatic rings. The van der Waals surface area contributed by atoms with E-state index in [4.69, 9.17) is 15.0 Å². The van der Waals surface area contributed by atoms with E-state index in [2.05, 4.69) is 212 Å². The van der Waals surface area contributed by atoms with Gasteiger partial charge in [0.15, 0.2) is 5.84 Å². The van der Waals surface area contributed by atoms with Crippen LogP contribution >= 0.6 is 0 Å². The van der Waals surface area contributed by atoms with Crippen molar-refractivity contribution in [2.45, 2.75) is 32.1 Å². The molecular formula is C56H47N6+. The minimum absolute atomic E-state index is 0.0104. The predicted molar refractivity (Wildman–Crippen MR) is 254 cm³/mol. The summed E-state index contributed by atoms with van der Waals surface area (Å²) >= 11 is 0. The number of rotatable bonds is 9. The van der Waals surface area contributed by atoms with Crippen LogP contribution < -0.4 is 16.0 Å². The Bertz CT molecular complexity index is 2910. The zero-order chi connectivity index (χ0) is 41.8. The van der Waals surface area contributed by atoms with Gasteiger partial charge in [0.2, 0.25) is 0 Å². The van der Waals surface area contributed by atoms with Gasteiger partial charge in [-0.1, -0.05) is 170 Å². The summed E-state index contributed by atoms with van der Waals surface area (Å²) in [7, 11) is 0. The maximum absolute atomic E-state index is 5.47. The second-order valence-electron chi connectivity index (χ2n) is 16.0. The average molecular weight is 804 g/mol. The highest BCUT2D eigenvalue weighted by molar-refractivity contribution is 6.13. The molecule has 1 aromatic heterocycles. The Labute approximate surface area is 363 Å². The minimum atomic E-state index is -0.285. The Morgan fingerprint density at radius 2 is 1.16 bits per heavy atom. The van der Waals surface area contributed by atoms with Crippen molar-refractivity contribution in [2.24, 2.45) is 9.98 Å². The second kappa shape index (κ2) is 17.1. The largest absolute Gasteiger partial charge is 0.378 e. The number of pyridine rings is 1. The van der Waals surface area contributed by atoms with E-state index in [0.29, 0.717) is 5.84 Å². The number of amidine groups is 2. The third-order valence-corrected chi connectivity index (χ3v) is 11.7. The van der Waals surface area contributed by atoms with Crippen molar-refractivity contribution in [2.75, 3.05) is 0 Å². The highest BCUT2D eigenvalue weighted by Crippen LogP contribution is 2.41. The van der Waals surface area contributed by atoms with Gasteiger partial charge in [0.05, 0.1) is 17.4 Å². The van der Waals surface area contributed by atoms with Gasteiger partial charge in [-0.2, -0.15) is 0 Å². The van der Waals surface area contributed by atoms with Crippen molar-refractivity contribution in [1.82, 2.24) is 15.6 Å². The van der Waals surface area contributed by atoms with E-state index in [1.807, 2.05) is 24.3 Å². The summed E-state index contributed by atoms with van der Waals surface area (Å²) < 4.78 is 0. The molecule has 0 saturated carbocycles. The van der Waals surface area contributed by atoms with Crippen LogP contribution in [0.25, 0.3) is 44.8 Å². The molecule has 6 nitrogen and oxygen atoms in total. The Balaban J connectivity index is 1.11. The number of benzene rings is 6. The molecular weight excluding hydrogens is 757 g/mol. The lowest BCUT2D eigenvalue weighted by molar-refractivity contribution is -0.640. The molecule has 6 heteroatoms. The zero-order valence-electron chi connectivity index (χ0n) is 34.8. The first-order chi connectivity index (χ1) is 30.5. The van der Waals surface area contributed by atoms with Gasteiger partial charge in [-0.05, 0) is 76.7 Å². The molecule has 0 saturated heterocycles. The predicted octanol–water partition coefficient (Wildman–Crippen LogP) is 11.4. The standard InChI is InChI=1S/C56H46N6/c1-37-18-14-32-49(57-37)47-30-17-31-48(50-33-15-19-38(2)58-50)53(47)44-35-51(39-20-6-3-7-21-39)59-52(36-44)46-29-13-12-28-45(46)42-26-16-27-43(34-42)56-61-54(40-22-8-4-9-23-40)60-55(62-56)41-24-10-5-11-25-41/h3-36,49-50,54,57-58H,1-2H3,(H,60,61,62)/p+1. The first-order valence-electron chi connectivity index (χ1n) is 21.3. The van der Waals surface area contributed by atoms with Gasteiger partial charge < -0.3 is 16.0 Å². The quantitative estimate of drug-likeness (QED) is 0.136. The maximum atomic E-state index is 5.47. The third-order valence-electron chi connectivity index (χ3n) is 11.7. The smallest absolute Gasteiger partial charge is 0.159 e. The Morgan fingerprint density at radius 3 is 1.94 bits per heavy atom. The molecule has 0 spiro atoms. The van der Waals surface area contributed by atoms with E-state index in [0.717, 1.165) is 67.4 Å². The van der Waals surface area contributed by atoms with Gasteiger partial charge in [-0.3, -0.25) is 0 Å². The molecule has 10 rings (SSSR count). The van der Waals surface area contributed by atoms with Crippen molar-refractivity contribution >= 4 is 11.7 Å². The van der Waals surface area contributed by atoms with Crippen molar-refractivity contribution in [3.63, 3.8) is 0 Å². The zero-order valence-corrected chi connectivity index (χ0v) is 34.8. The van der Waals surface area contributed by atoms with Gasteiger partial charge in [-0.15, -0.1) is 0 Å². The van der Waals surface area contributed by atoms with E-state index in [1.165, 1.54) is 22.4 Å². The normalized spacial score (nSPS) is 18.1. The summed E-state index contributed by atoms with van der Waals surface area (Å²) in [5, 5.41) is 9.78. The van der Waals surface area contributed by atoms with Gasteiger partial charge in [0.25, 0.3) is 0 Å². The third kappa shape index (κ3) is 7.99.